The van der Waals surface area contributed by atoms with Crippen LogP contribution in [0.1, 0.15) is 310 Å². The Labute approximate surface area is 594 Å². The van der Waals surface area contributed by atoms with Gasteiger partial charge in [-0.25, -0.2) is 9.13 Å². The highest BCUT2D eigenvalue weighted by atomic mass is 31.2. The molecule has 0 aromatic carbocycles. The van der Waals surface area contributed by atoms with Gasteiger partial charge in [0, 0.05) is 25.7 Å². The van der Waals surface area contributed by atoms with Gasteiger partial charge in [0.15, 0.2) is 12.2 Å². The van der Waals surface area contributed by atoms with E-state index in [1.165, 1.54) is 77.0 Å². The van der Waals surface area contributed by atoms with Gasteiger partial charge in [-0.1, -0.05) is 253 Å². The van der Waals surface area contributed by atoms with Crippen molar-refractivity contribution in [1.29, 1.82) is 0 Å². The summed E-state index contributed by atoms with van der Waals surface area (Å²) in [5.74, 6) is -2.29. The number of hydrogen-bond acceptors (Lipinski definition) is 15. The van der Waals surface area contributed by atoms with E-state index in [-0.39, 0.29) is 25.7 Å². The Kier molecular flexibility index (Phi) is 68.0. The van der Waals surface area contributed by atoms with E-state index in [4.69, 9.17) is 37.0 Å². The maximum absolute atomic E-state index is 13.1. The molecule has 5 unspecified atom stereocenters. The van der Waals surface area contributed by atoms with Crippen molar-refractivity contribution in [3.63, 3.8) is 0 Å². The van der Waals surface area contributed by atoms with Crippen LogP contribution in [0.3, 0.4) is 0 Å². The van der Waals surface area contributed by atoms with Crippen LogP contribution in [-0.4, -0.2) is 96.7 Å². The lowest BCUT2D eigenvalue weighted by atomic mass is 10.1. The first-order valence-electron chi connectivity index (χ1n) is 38.1. The maximum Gasteiger partial charge on any atom is 0.472 e. The van der Waals surface area contributed by atoms with Crippen molar-refractivity contribution < 1.29 is 80.2 Å². The molecule has 0 aromatic rings. The second-order valence-electron chi connectivity index (χ2n) is 25.2. The van der Waals surface area contributed by atoms with Gasteiger partial charge in [0.25, 0.3) is 0 Å². The van der Waals surface area contributed by atoms with E-state index in [1.807, 2.05) is 18.2 Å². The molecule has 0 spiro atoms. The largest absolute Gasteiger partial charge is 0.472 e. The molecule has 0 amide bonds. The lowest BCUT2D eigenvalue weighted by molar-refractivity contribution is -0.161. The van der Waals surface area contributed by atoms with Gasteiger partial charge in [-0.2, -0.15) is 0 Å². The Morgan fingerprint density at radius 3 is 0.878 bits per heavy atom. The second kappa shape index (κ2) is 71.1. The molecule has 0 saturated carbocycles. The number of aliphatic hydroxyl groups is 1. The van der Waals surface area contributed by atoms with Crippen molar-refractivity contribution >= 4 is 39.5 Å². The molecule has 0 saturated heterocycles. The summed E-state index contributed by atoms with van der Waals surface area (Å²) in [7, 11) is -9.97. The number of hydrogen-bond donors (Lipinski definition) is 3. The minimum Gasteiger partial charge on any atom is -0.462 e. The molecular weight excluding hydrogens is 1280 g/mol. The lowest BCUT2D eigenvalue weighted by Gasteiger charge is -2.21. The first kappa shape index (κ1) is 93.7. The van der Waals surface area contributed by atoms with E-state index < -0.39 is 97.5 Å². The van der Waals surface area contributed by atoms with Gasteiger partial charge in [-0.05, 0) is 141 Å². The van der Waals surface area contributed by atoms with Crippen LogP contribution in [0, 0.1) is 0 Å². The van der Waals surface area contributed by atoms with E-state index in [2.05, 4.69) is 119 Å². The molecule has 5 atom stereocenters. The van der Waals surface area contributed by atoms with Crippen molar-refractivity contribution in [2.24, 2.45) is 0 Å². The molecule has 0 aliphatic heterocycles. The Morgan fingerprint density at radius 2 is 0.551 bits per heavy atom. The number of rotatable bonds is 71. The van der Waals surface area contributed by atoms with Crippen LogP contribution in [0.5, 0.6) is 0 Å². The number of carbonyl (C=O) groups is 4. The smallest absolute Gasteiger partial charge is 0.462 e. The molecule has 0 heterocycles. The van der Waals surface area contributed by atoms with Gasteiger partial charge in [0.2, 0.25) is 0 Å². The standard InChI is InChI=1S/C79H136O17P2/c1-5-9-13-17-21-25-29-33-34-35-36-37-38-42-44-48-52-56-60-64-77(82)90-70-75(96-79(84)66-62-58-54-50-46-41-32-28-24-20-16-12-8-4)72-94-98(87,88)92-68-73(80)67-91-97(85,86)93-71-74(95-78(83)65-61-57-53-49-45-40-31-27-23-19-15-11-7-3)69-89-76(81)63-59-55-51-47-43-39-30-26-22-18-14-10-6-2/h9,13,21,25-28,30-34,36-37,42,44,52,56,73-75,80H,5-8,10-12,14-20,22-24,29,35,38-41,43,45-51,53-55,57-72H2,1-4H3,(H,85,86)(H,87,88)/b13-9-,25-21-,30-26-,31-27-,32-28-,34-33-,37-36-,44-42-,56-52-. The van der Waals surface area contributed by atoms with Gasteiger partial charge in [0.1, 0.15) is 19.3 Å². The molecule has 19 heteroatoms. The zero-order valence-electron chi connectivity index (χ0n) is 61.4. The highest BCUT2D eigenvalue weighted by Gasteiger charge is 2.30. The van der Waals surface area contributed by atoms with Crippen LogP contribution in [0.4, 0.5) is 0 Å². The molecule has 98 heavy (non-hydrogen) atoms. The molecule has 564 valence electrons. The zero-order chi connectivity index (χ0) is 71.8. The summed E-state index contributed by atoms with van der Waals surface area (Å²) < 4.78 is 68.3. The number of carbonyl (C=O) groups excluding carboxylic acids is 4. The van der Waals surface area contributed by atoms with Gasteiger partial charge in [0.05, 0.1) is 26.4 Å². The van der Waals surface area contributed by atoms with Crippen LogP contribution in [0.25, 0.3) is 0 Å². The first-order chi connectivity index (χ1) is 47.7. The summed E-state index contributed by atoms with van der Waals surface area (Å²) >= 11 is 0. The van der Waals surface area contributed by atoms with Crippen LogP contribution >= 0.6 is 15.6 Å². The van der Waals surface area contributed by atoms with Gasteiger partial charge in [-0.3, -0.25) is 37.3 Å². The van der Waals surface area contributed by atoms with Gasteiger partial charge in [-0.15, -0.1) is 0 Å². The molecule has 0 fully saturated rings. The number of phosphoric ester groups is 2. The van der Waals surface area contributed by atoms with E-state index >= 15 is 0 Å². The molecule has 3 N–H and O–H groups in total. The third-order valence-electron chi connectivity index (χ3n) is 15.7. The number of unbranched alkanes of at least 4 members (excludes halogenated alkanes) is 27. The van der Waals surface area contributed by atoms with Crippen LogP contribution < -0.4 is 0 Å². The van der Waals surface area contributed by atoms with E-state index in [0.717, 1.165) is 148 Å². The van der Waals surface area contributed by atoms with Crippen molar-refractivity contribution in [2.75, 3.05) is 39.6 Å². The summed E-state index contributed by atoms with van der Waals surface area (Å²) in [5.41, 5.74) is 0. The summed E-state index contributed by atoms with van der Waals surface area (Å²) in [6.45, 7) is 4.61. The van der Waals surface area contributed by atoms with E-state index in [0.29, 0.717) is 32.1 Å². The predicted octanol–water partition coefficient (Wildman–Crippen LogP) is 21.8. The number of allylic oxidation sites excluding steroid dienone is 18. The van der Waals surface area contributed by atoms with Crippen molar-refractivity contribution in [1.82, 2.24) is 0 Å². The van der Waals surface area contributed by atoms with Crippen LogP contribution in [0.15, 0.2) is 109 Å². The Hall–Kier alpha value is -4.28. The second-order valence-corrected chi connectivity index (χ2v) is 28.1. The molecule has 0 aliphatic rings. The Balaban J connectivity index is 5.40. The normalized spacial score (nSPS) is 14.6. The number of aliphatic hydroxyl groups excluding tert-OH is 1. The average Bonchev–Trinajstić information content (AvgIpc) is 0.966. The summed E-state index contributed by atoms with van der Waals surface area (Å²) in [5, 5.41) is 10.6. The Bertz CT molecular complexity index is 2290. The first-order valence-corrected chi connectivity index (χ1v) is 41.1. The Morgan fingerprint density at radius 1 is 0.296 bits per heavy atom. The minimum absolute atomic E-state index is 0.0336. The SMILES string of the molecule is CC/C=C\C/C=C\C/C=C\C/C=C\C/C=C\C/C=C\CCC(=O)OCC(COP(=O)(O)OCC(O)COP(=O)(O)OCC(COC(=O)CCCCCCC/C=C\CCCCCC)OC(=O)CCCCCCC/C=C\CCCCCC)OC(=O)CCCCCCC/C=C\CCCCCC. The third kappa shape index (κ3) is 70.2. The van der Waals surface area contributed by atoms with Crippen LogP contribution in [0.2, 0.25) is 0 Å². The van der Waals surface area contributed by atoms with Crippen molar-refractivity contribution in [2.45, 2.75) is 329 Å². The van der Waals surface area contributed by atoms with Crippen molar-refractivity contribution in [3.8, 4) is 0 Å². The molecule has 0 radical (unpaired) electrons. The lowest BCUT2D eigenvalue weighted by Crippen LogP contribution is -2.30. The topological polar surface area (TPSA) is 237 Å². The summed E-state index contributed by atoms with van der Waals surface area (Å²) in [4.78, 5) is 72.8. The monoisotopic (exact) mass is 1420 g/mol. The summed E-state index contributed by atoms with van der Waals surface area (Å²) in [6, 6.07) is 0. The fraction of sp³-hybridized carbons (Fsp3) is 0.722. The highest BCUT2D eigenvalue weighted by Crippen LogP contribution is 2.45. The average molecular weight is 1420 g/mol. The number of esters is 4. The fourth-order valence-corrected chi connectivity index (χ4v) is 11.5. The highest BCUT2D eigenvalue weighted by molar-refractivity contribution is 7.47. The molecular formula is C79H136O17P2. The minimum atomic E-state index is -4.99. The maximum atomic E-state index is 13.1. The number of ether oxygens (including phenoxy) is 4. The summed E-state index contributed by atoms with van der Waals surface area (Å²) in [6.07, 6.45) is 75.3. The van der Waals surface area contributed by atoms with Gasteiger partial charge < -0.3 is 33.8 Å². The quantitative estimate of drug-likeness (QED) is 0.0169. The van der Waals surface area contributed by atoms with Crippen molar-refractivity contribution in [3.05, 3.63) is 109 Å². The molecule has 0 aliphatic carbocycles. The van der Waals surface area contributed by atoms with E-state index in [9.17, 15) is 43.2 Å². The third-order valence-corrected chi connectivity index (χ3v) is 17.6. The molecule has 17 nitrogen and oxygen atoms in total. The molecule has 0 bridgehead atoms. The zero-order valence-corrected chi connectivity index (χ0v) is 63.2. The van der Waals surface area contributed by atoms with Crippen LogP contribution in [-0.2, 0) is 65.4 Å². The predicted molar refractivity (Wildman–Crippen MR) is 399 cm³/mol. The molecule has 0 rings (SSSR count). The van der Waals surface area contributed by atoms with Gasteiger partial charge >= 0.3 is 39.5 Å². The van der Waals surface area contributed by atoms with E-state index in [1.54, 1.807) is 0 Å². The number of phosphoric acid groups is 2. The fourth-order valence-electron chi connectivity index (χ4n) is 9.88. The molecule has 0 aromatic heterocycles.